The van der Waals surface area contributed by atoms with Gasteiger partial charge in [-0.1, -0.05) is 170 Å². The molecule has 0 radical (unpaired) electrons. The van der Waals surface area contributed by atoms with Crippen LogP contribution in [0.3, 0.4) is 0 Å². The number of aliphatic imine (C=N–C) groups is 1. The molecule has 0 aromatic heterocycles. The van der Waals surface area contributed by atoms with Crippen molar-refractivity contribution in [1.82, 2.24) is 5.32 Å². The molecule has 2 heterocycles. The van der Waals surface area contributed by atoms with Gasteiger partial charge in [0.15, 0.2) is 0 Å². The fraction of sp³-hybridized carbons (Fsp3) is 0.0755. The first-order valence-corrected chi connectivity index (χ1v) is 19.6. The molecule has 3 nitrogen and oxygen atoms in total. The van der Waals surface area contributed by atoms with E-state index in [0.29, 0.717) is 0 Å². The van der Waals surface area contributed by atoms with Gasteiger partial charge in [-0.05, 0) is 104 Å². The lowest BCUT2D eigenvalue weighted by atomic mass is 9.84. The summed E-state index contributed by atoms with van der Waals surface area (Å²) in [5.74, 6) is 0.901. The van der Waals surface area contributed by atoms with Crippen LogP contribution in [-0.2, 0) is 0 Å². The third kappa shape index (κ3) is 6.48. The van der Waals surface area contributed by atoms with Crippen LogP contribution >= 0.6 is 0 Å². The summed E-state index contributed by atoms with van der Waals surface area (Å²) in [6.07, 6.45) is 11.3. The summed E-state index contributed by atoms with van der Waals surface area (Å²) >= 11 is 0. The van der Waals surface area contributed by atoms with E-state index in [1.54, 1.807) is 0 Å². The van der Waals surface area contributed by atoms with E-state index >= 15 is 0 Å². The van der Waals surface area contributed by atoms with Crippen molar-refractivity contribution in [2.24, 2.45) is 4.99 Å². The zero-order chi connectivity index (χ0) is 37.3. The van der Waals surface area contributed by atoms with Gasteiger partial charge in [-0.3, -0.25) is 4.99 Å². The fourth-order valence-electron chi connectivity index (χ4n) is 8.46. The molecule has 0 fully saturated rings. The second-order valence-corrected chi connectivity index (χ2v) is 14.7. The van der Waals surface area contributed by atoms with Crippen molar-refractivity contribution in [3.05, 3.63) is 239 Å². The van der Waals surface area contributed by atoms with Gasteiger partial charge in [0.05, 0.1) is 12.1 Å². The van der Waals surface area contributed by atoms with Crippen molar-refractivity contribution in [2.45, 2.75) is 24.9 Å². The highest BCUT2D eigenvalue weighted by molar-refractivity contribution is 6.09. The second-order valence-electron chi connectivity index (χ2n) is 14.7. The first-order chi connectivity index (χ1) is 27.7. The molecule has 7 aromatic rings. The maximum absolute atomic E-state index is 5.54. The molecule has 268 valence electrons. The molecule has 2 unspecified atom stereocenters. The lowest BCUT2D eigenvalue weighted by molar-refractivity contribution is 0.886. The minimum Gasteiger partial charge on any atom is -0.374 e. The predicted octanol–water partition coefficient (Wildman–Crippen LogP) is 13.0. The summed E-state index contributed by atoms with van der Waals surface area (Å²) in [6, 6.07) is 62.9. The molecule has 10 rings (SSSR count). The summed E-state index contributed by atoms with van der Waals surface area (Å²) in [5, 5.41) is 10.1. The van der Waals surface area contributed by atoms with Gasteiger partial charge in [0.2, 0.25) is 0 Å². The van der Waals surface area contributed by atoms with Crippen LogP contribution in [-0.4, -0.2) is 5.84 Å². The van der Waals surface area contributed by atoms with Crippen LogP contribution in [0.15, 0.2) is 211 Å². The molecule has 0 bridgehead atoms. The molecule has 0 saturated carbocycles. The Morgan fingerprint density at radius 1 is 0.536 bits per heavy atom. The minimum atomic E-state index is -0.211. The van der Waals surface area contributed by atoms with Gasteiger partial charge in [-0.15, -0.1) is 0 Å². The third-order valence-electron chi connectivity index (χ3n) is 11.2. The summed E-state index contributed by atoms with van der Waals surface area (Å²) in [7, 11) is 0. The van der Waals surface area contributed by atoms with Crippen molar-refractivity contribution in [2.75, 3.05) is 5.32 Å². The lowest BCUT2D eigenvalue weighted by Gasteiger charge is -2.29. The molecule has 0 saturated heterocycles. The van der Waals surface area contributed by atoms with Gasteiger partial charge in [-0.2, -0.15) is 0 Å². The Morgan fingerprint density at radius 2 is 1.20 bits per heavy atom. The molecule has 0 spiro atoms. The van der Waals surface area contributed by atoms with E-state index in [0.717, 1.165) is 41.2 Å². The van der Waals surface area contributed by atoms with Crippen molar-refractivity contribution in [1.29, 1.82) is 0 Å². The lowest BCUT2D eigenvalue weighted by Crippen LogP contribution is -2.28. The largest absolute Gasteiger partial charge is 0.374 e. The Hall–Kier alpha value is -6.97. The van der Waals surface area contributed by atoms with Crippen molar-refractivity contribution in [3.8, 4) is 11.1 Å². The number of amidine groups is 1. The summed E-state index contributed by atoms with van der Waals surface area (Å²) in [6.45, 7) is 0. The molecule has 0 amide bonds. The van der Waals surface area contributed by atoms with Crippen LogP contribution in [0.4, 0.5) is 5.69 Å². The number of fused-ring (bicyclic) bond motifs is 3. The molecule has 3 heteroatoms. The van der Waals surface area contributed by atoms with Gasteiger partial charge in [0.1, 0.15) is 5.84 Å². The molecular weight excluding hydrogens is 679 g/mol. The summed E-state index contributed by atoms with van der Waals surface area (Å²) in [4.78, 5) is 5.54. The number of anilines is 1. The Labute approximate surface area is 328 Å². The van der Waals surface area contributed by atoms with Gasteiger partial charge >= 0.3 is 0 Å². The number of hydrogen-bond donors (Lipinski definition) is 2. The molecule has 1 aliphatic carbocycles. The van der Waals surface area contributed by atoms with E-state index in [1.807, 2.05) is 0 Å². The van der Waals surface area contributed by atoms with Crippen LogP contribution in [0, 0.1) is 0 Å². The smallest absolute Gasteiger partial charge is 0.133 e. The normalized spacial score (nSPS) is 17.6. The molecule has 3 aliphatic rings. The molecule has 2 atom stereocenters. The number of benzene rings is 7. The summed E-state index contributed by atoms with van der Waals surface area (Å²) < 4.78 is 0. The number of nitrogens with zero attached hydrogens (tertiary/aromatic N) is 1. The third-order valence-corrected chi connectivity index (χ3v) is 11.2. The quantitative estimate of drug-likeness (QED) is 0.172. The van der Waals surface area contributed by atoms with Crippen molar-refractivity contribution < 1.29 is 0 Å². The van der Waals surface area contributed by atoms with E-state index in [4.69, 9.17) is 4.99 Å². The zero-order valence-corrected chi connectivity index (χ0v) is 31.1. The van der Waals surface area contributed by atoms with Crippen LogP contribution in [0.5, 0.6) is 0 Å². The van der Waals surface area contributed by atoms with Crippen LogP contribution < -0.4 is 10.6 Å². The van der Waals surface area contributed by atoms with Gasteiger partial charge in [-0.25, -0.2) is 0 Å². The molecule has 7 aromatic carbocycles. The molecular formula is C53H41N3. The van der Waals surface area contributed by atoms with Crippen molar-refractivity contribution in [3.63, 3.8) is 0 Å². The summed E-state index contributed by atoms with van der Waals surface area (Å²) in [5.41, 5.74) is 15.6. The highest BCUT2D eigenvalue weighted by Crippen LogP contribution is 2.45. The van der Waals surface area contributed by atoms with Crippen molar-refractivity contribution >= 4 is 39.1 Å². The Kier molecular flexibility index (Phi) is 8.81. The molecule has 2 aliphatic heterocycles. The maximum Gasteiger partial charge on any atom is 0.133 e. The van der Waals surface area contributed by atoms with Gasteiger partial charge in [0, 0.05) is 22.5 Å². The highest BCUT2D eigenvalue weighted by atomic mass is 15.0. The second kappa shape index (κ2) is 14.7. The number of allylic oxidation sites excluding steroid dienone is 2. The Balaban J connectivity index is 1.12. The molecule has 2 N–H and O–H groups in total. The van der Waals surface area contributed by atoms with Crippen LogP contribution in [0.25, 0.3) is 38.7 Å². The van der Waals surface area contributed by atoms with E-state index in [2.05, 4.69) is 211 Å². The topological polar surface area (TPSA) is 36.4 Å². The number of hydrogen-bond acceptors (Lipinski definition) is 3. The average molecular weight is 720 g/mol. The maximum atomic E-state index is 5.54. The predicted molar refractivity (Wildman–Crippen MR) is 235 cm³/mol. The van der Waals surface area contributed by atoms with E-state index in [9.17, 15) is 0 Å². The van der Waals surface area contributed by atoms with E-state index in [1.165, 1.54) is 60.9 Å². The highest BCUT2D eigenvalue weighted by Gasteiger charge is 2.27. The SMILES string of the molecule is C1=C(C2=NC(c3cccc4c5c(ccc34)NC(c3ccccc3)C=C5c3ccccc3)C=C(c3cccc(-c4ccccc4)c3)N2)C=C(c2ccccc2)CC1. The van der Waals surface area contributed by atoms with E-state index < -0.39 is 0 Å². The Bertz CT molecular complexity index is 2720. The molecule has 56 heavy (non-hydrogen) atoms. The number of nitrogens with one attached hydrogen (secondary N) is 2. The standard InChI is InChI=1S/C53H41N3/c1-5-16-36(17-6-1)40-24-13-26-42(32-40)50-35-51(56-53(55-50)43-27-14-25-41(33-43)37-18-7-2-8-19-37)45-28-15-29-46-44(45)30-31-48-52(46)47(38-20-9-3-10-21-38)34-49(54-48)39-22-11-4-12-23-39/h1-13,15-24,26-35,49,51,54H,14,25H2,(H,55,56). The zero-order valence-electron chi connectivity index (χ0n) is 31.1. The van der Waals surface area contributed by atoms with E-state index in [-0.39, 0.29) is 12.1 Å². The first kappa shape index (κ1) is 33.6. The van der Waals surface area contributed by atoms with Gasteiger partial charge in [0.25, 0.3) is 0 Å². The minimum absolute atomic E-state index is 0.0610. The number of rotatable bonds is 7. The Morgan fingerprint density at radius 3 is 1.96 bits per heavy atom. The van der Waals surface area contributed by atoms with Crippen LogP contribution in [0.2, 0.25) is 0 Å². The monoisotopic (exact) mass is 719 g/mol. The average Bonchev–Trinajstić information content (AvgIpc) is 3.29. The first-order valence-electron chi connectivity index (χ1n) is 19.6. The van der Waals surface area contributed by atoms with Gasteiger partial charge < -0.3 is 10.6 Å². The fourth-order valence-corrected chi connectivity index (χ4v) is 8.46. The van der Waals surface area contributed by atoms with Crippen LogP contribution in [0.1, 0.15) is 58.3 Å².